The van der Waals surface area contributed by atoms with Crippen LogP contribution in [-0.2, 0) is 27.6 Å². The zero-order valence-electron chi connectivity index (χ0n) is 13.5. The Kier molecular flexibility index (Phi) is 10.9. The zero-order chi connectivity index (χ0) is 17.9. The van der Waals surface area contributed by atoms with Crippen LogP contribution in [0.4, 0.5) is 0 Å². The molecule has 0 rings (SSSR count). The van der Waals surface area contributed by atoms with Crippen LogP contribution in [0.2, 0.25) is 6.04 Å². The SMILES string of the molecule is CO[Si](CCCOCC(O)N(CC(=O)[O-])CC(=O)[O-])(OC)OC. The van der Waals surface area contributed by atoms with Gasteiger partial charge in [-0.05, 0) is 6.42 Å². The molecule has 0 bridgehead atoms. The fourth-order valence-electron chi connectivity index (χ4n) is 1.84. The highest BCUT2D eigenvalue weighted by Crippen LogP contribution is 2.14. The van der Waals surface area contributed by atoms with Crippen molar-refractivity contribution in [2.24, 2.45) is 0 Å². The zero-order valence-corrected chi connectivity index (χ0v) is 14.5. The van der Waals surface area contributed by atoms with Gasteiger partial charge in [0.25, 0.3) is 0 Å². The van der Waals surface area contributed by atoms with Crippen molar-refractivity contribution in [1.82, 2.24) is 4.90 Å². The van der Waals surface area contributed by atoms with Crippen LogP contribution in [-0.4, -0.2) is 84.6 Å². The van der Waals surface area contributed by atoms with Crippen molar-refractivity contribution in [3.05, 3.63) is 0 Å². The summed E-state index contributed by atoms with van der Waals surface area (Å²) >= 11 is 0. The van der Waals surface area contributed by atoms with Crippen LogP contribution in [0.25, 0.3) is 0 Å². The lowest BCUT2D eigenvalue weighted by Crippen LogP contribution is -2.50. The number of carbonyl (C=O) groups excluding carboxylic acids is 2. The first-order valence-electron chi connectivity index (χ1n) is 6.85. The topological polar surface area (TPSA) is 141 Å². The molecule has 23 heavy (non-hydrogen) atoms. The second-order valence-corrected chi connectivity index (χ2v) is 7.69. The van der Waals surface area contributed by atoms with Crippen molar-refractivity contribution in [1.29, 1.82) is 0 Å². The Balaban J connectivity index is 4.18. The normalized spacial score (nSPS) is 13.3. The highest BCUT2D eigenvalue weighted by Gasteiger charge is 2.36. The van der Waals surface area contributed by atoms with Crippen molar-refractivity contribution in [2.45, 2.75) is 18.7 Å². The quantitative estimate of drug-likeness (QED) is 0.189. The van der Waals surface area contributed by atoms with E-state index in [1.165, 1.54) is 21.3 Å². The summed E-state index contributed by atoms with van der Waals surface area (Å²) in [5, 5.41) is 30.8. The number of nitrogens with zero attached hydrogens (tertiary/aromatic N) is 1. The monoisotopic (exact) mass is 353 g/mol. The van der Waals surface area contributed by atoms with Gasteiger partial charge in [-0.15, -0.1) is 0 Å². The molecule has 0 aliphatic carbocycles. The molecule has 0 amide bonds. The Morgan fingerprint density at radius 2 is 1.57 bits per heavy atom. The van der Waals surface area contributed by atoms with E-state index >= 15 is 0 Å². The number of aliphatic hydroxyl groups is 1. The third kappa shape index (κ3) is 8.95. The van der Waals surface area contributed by atoms with Crippen LogP contribution in [0.3, 0.4) is 0 Å². The summed E-state index contributed by atoms with van der Waals surface area (Å²) in [6.45, 7) is -1.52. The average Bonchev–Trinajstić information content (AvgIpc) is 2.49. The van der Waals surface area contributed by atoms with Crippen LogP contribution in [0.1, 0.15) is 6.42 Å². The molecule has 1 unspecified atom stereocenters. The fraction of sp³-hybridized carbons (Fsp3) is 0.833. The lowest BCUT2D eigenvalue weighted by Gasteiger charge is -2.28. The van der Waals surface area contributed by atoms with E-state index in [4.69, 9.17) is 18.0 Å². The van der Waals surface area contributed by atoms with Crippen molar-refractivity contribution in [2.75, 3.05) is 47.6 Å². The van der Waals surface area contributed by atoms with E-state index in [1.807, 2.05) is 0 Å². The minimum Gasteiger partial charge on any atom is -0.549 e. The third-order valence-corrected chi connectivity index (χ3v) is 5.89. The Labute approximate surface area is 135 Å². The highest BCUT2D eigenvalue weighted by molar-refractivity contribution is 6.60. The Morgan fingerprint density at radius 3 is 1.96 bits per heavy atom. The van der Waals surface area contributed by atoms with Gasteiger partial charge in [-0.25, -0.2) is 0 Å². The first kappa shape index (κ1) is 21.9. The first-order valence-corrected chi connectivity index (χ1v) is 8.78. The van der Waals surface area contributed by atoms with Crippen LogP contribution >= 0.6 is 0 Å². The smallest absolute Gasteiger partial charge is 0.500 e. The molecule has 0 aromatic carbocycles. The lowest BCUT2D eigenvalue weighted by molar-refractivity contribution is -0.313. The molecule has 1 N–H and O–H groups in total. The molecule has 10 nitrogen and oxygen atoms in total. The number of rotatable bonds is 14. The number of carboxylic acids is 2. The standard InChI is InChI=1S/C12H25NO9Si/c1-19-23(20-2,21-3)6-4-5-22-9-10(14)13(7-11(15)16)8-12(17)18/h10,14H,4-9H2,1-3H3,(H,15,16)(H,17,18)/p-2. The summed E-state index contributed by atoms with van der Waals surface area (Å²) in [5.41, 5.74) is 0. The van der Waals surface area contributed by atoms with Crippen molar-refractivity contribution >= 4 is 20.7 Å². The molecule has 0 aromatic heterocycles. The summed E-state index contributed by atoms with van der Waals surface area (Å²) in [4.78, 5) is 21.8. The van der Waals surface area contributed by atoms with E-state index in [1.54, 1.807) is 0 Å². The molecule has 0 heterocycles. The number of hydrogen-bond acceptors (Lipinski definition) is 10. The summed E-state index contributed by atoms with van der Waals surface area (Å²) in [6, 6.07) is 0.494. The first-order chi connectivity index (χ1) is 10.8. The molecule has 0 aliphatic rings. The Morgan fingerprint density at radius 1 is 1.09 bits per heavy atom. The molecule has 0 aromatic rings. The maximum atomic E-state index is 10.5. The molecule has 0 spiro atoms. The molecule has 136 valence electrons. The van der Waals surface area contributed by atoms with Gasteiger partial charge in [-0.1, -0.05) is 0 Å². The van der Waals surface area contributed by atoms with Gasteiger partial charge in [0, 0.05) is 47.1 Å². The molecule has 11 heteroatoms. The van der Waals surface area contributed by atoms with E-state index in [0.717, 1.165) is 4.90 Å². The molecule has 0 saturated carbocycles. The number of ether oxygens (including phenoxy) is 1. The molecule has 0 saturated heterocycles. The van der Waals surface area contributed by atoms with Crippen molar-refractivity contribution < 1.29 is 42.9 Å². The Hall–Kier alpha value is -1.08. The summed E-state index contributed by atoms with van der Waals surface area (Å²) in [5.74, 6) is -3.03. The van der Waals surface area contributed by atoms with Crippen LogP contribution in [0, 0.1) is 0 Å². The van der Waals surface area contributed by atoms with Gasteiger partial charge in [0.2, 0.25) is 0 Å². The molecule has 0 fully saturated rings. The van der Waals surface area contributed by atoms with Crippen LogP contribution in [0.5, 0.6) is 0 Å². The van der Waals surface area contributed by atoms with E-state index in [0.29, 0.717) is 12.5 Å². The van der Waals surface area contributed by atoms with Gasteiger partial charge in [0.15, 0.2) is 0 Å². The second kappa shape index (κ2) is 11.5. The van der Waals surface area contributed by atoms with Gasteiger partial charge in [0.1, 0.15) is 6.23 Å². The maximum Gasteiger partial charge on any atom is 0.500 e. The predicted molar refractivity (Wildman–Crippen MR) is 74.6 cm³/mol. The third-order valence-electron chi connectivity index (χ3n) is 3.06. The minimum atomic E-state index is -2.68. The minimum absolute atomic E-state index is 0.229. The molecule has 0 radical (unpaired) electrons. The van der Waals surface area contributed by atoms with Gasteiger partial charge < -0.3 is 42.9 Å². The number of hydrogen-bond donors (Lipinski definition) is 1. The Bertz CT molecular complexity index is 340. The van der Waals surface area contributed by atoms with Crippen molar-refractivity contribution in [3.8, 4) is 0 Å². The summed E-state index contributed by atoms with van der Waals surface area (Å²) in [6.07, 6.45) is -0.879. The maximum absolute atomic E-state index is 10.5. The van der Waals surface area contributed by atoms with Gasteiger partial charge >= 0.3 is 8.80 Å². The van der Waals surface area contributed by atoms with E-state index in [-0.39, 0.29) is 13.2 Å². The predicted octanol–water partition coefficient (Wildman–Crippen LogP) is -3.61. The second-order valence-electron chi connectivity index (χ2n) is 4.60. The van der Waals surface area contributed by atoms with E-state index in [9.17, 15) is 24.9 Å². The van der Waals surface area contributed by atoms with Crippen LogP contribution in [0.15, 0.2) is 0 Å². The van der Waals surface area contributed by atoms with Gasteiger partial charge in [-0.3, -0.25) is 4.90 Å². The average molecular weight is 353 g/mol. The highest BCUT2D eigenvalue weighted by atomic mass is 28.4. The summed E-state index contributed by atoms with van der Waals surface area (Å²) in [7, 11) is 1.78. The van der Waals surface area contributed by atoms with Gasteiger partial charge in [-0.2, -0.15) is 0 Å². The molecule has 0 aliphatic heterocycles. The molecular formula is C12H23NO9Si-2. The summed E-state index contributed by atoms with van der Waals surface area (Å²) < 4.78 is 20.9. The number of carboxylic acid groups (broad SMARTS) is 2. The number of carbonyl (C=O) groups is 2. The fourth-order valence-corrected chi connectivity index (χ4v) is 3.53. The number of aliphatic carboxylic acids is 2. The van der Waals surface area contributed by atoms with Crippen molar-refractivity contribution in [3.63, 3.8) is 0 Å². The molecule has 1 atom stereocenters. The van der Waals surface area contributed by atoms with Crippen LogP contribution < -0.4 is 10.2 Å². The largest absolute Gasteiger partial charge is 0.549 e. The molecular weight excluding hydrogens is 330 g/mol. The van der Waals surface area contributed by atoms with E-state index < -0.39 is 40.1 Å². The number of aliphatic hydroxyl groups excluding tert-OH is 1. The lowest BCUT2D eigenvalue weighted by atomic mass is 10.4. The van der Waals surface area contributed by atoms with Gasteiger partial charge in [0.05, 0.1) is 18.5 Å². The van der Waals surface area contributed by atoms with E-state index in [2.05, 4.69) is 0 Å².